The molecule has 0 saturated heterocycles. The summed E-state index contributed by atoms with van der Waals surface area (Å²) >= 11 is 0. The van der Waals surface area contributed by atoms with Gasteiger partial charge < -0.3 is 15.0 Å². The Morgan fingerprint density at radius 2 is 2.12 bits per heavy atom. The van der Waals surface area contributed by atoms with E-state index in [-0.39, 0.29) is 11.6 Å². The lowest BCUT2D eigenvalue weighted by molar-refractivity contribution is -0.0609. The summed E-state index contributed by atoms with van der Waals surface area (Å²) in [5, 5.41) is 4.04. The number of nitrogens with two attached hydrogens (primary N) is 1. The Morgan fingerprint density at radius 1 is 1.47 bits per heavy atom. The van der Waals surface area contributed by atoms with Crippen LogP contribution in [-0.4, -0.2) is 17.3 Å². The summed E-state index contributed by atoms with van der Waals surface area (Å²) < 4.78 is 10.8. The van der Waals surface area contributed by atoms with Crippen molar-refractivity contribution in [2.75, 3.05) is 7.11 Å². The predicted molar refractivity (Wildman–Crippen MR) is 63.2 cm³/mol. The molecule has 1 saturated carbocycles. The van der Waals surface area contributed by atoms with Gasteiger partial charge in [-0.3, -0.25) is 0 Å². The van der Waals surface area contributed by atoms with E-state index in [1.807, 2.05) is 6.92 Å². The van der Waals surface area contributed by atoms with Crippen LogP contribution in [0.5, 0.6) is 0 Å². The normalized spacial score (nSPS) is 31.4. The smallest absolute Gasteiger partial charge is 0.243 e. The number of rotatable bonds is 3. The minimum atomic E-state index is -0.372. The average Bonchev–Trinajstić information content (AvgIpc) is 2.81. The molecule has 0 spiro atoms. The summed E-state index contributed by atoms with van der Waals surface area (Å²) in [4.78, 5) is 4.37. The molecule has 0 radical (unpaired) electrons. The first-order valence-electron chi connectivity index (χ1n) is 6.22. The van der Waals surface area contributed by atoms with Gasteiger partial charge in [-0.2, -0.15) is 4.98 Å². The Balaban J connectivity index is 2.22. The SMILES string of the molecule is COC1(c2noc([C@@H](C)N)n2)CCC(C)CC1. The average molecular weight is 239 g/mol. The van der Waals surface area contributed by atoms with E-state index in [0.717, 1.165) is 31.6 Å². The summed E-state index contributed by atoms with van der Waals surface area (Å²) in [5.41, 5.74) is 5.35. The minimum Gasteiger partial charge on any atom is -0.370 e. The number of ether oxygens (including phenoxy) is 1. The van der Waals surface area contributed by atoms with Crippen LogP contribution < -0.4 is 5.73 Å². The van der Waals surface area contributed by atoms with E-state index in [9.17, 15) is 0 Å². The van der Waals surface area contributed by atoms with Crippen molar-refractivity contribution >= 4 is 0 Å². The molecule has 1 atom stereocenters. The predicted octanol–water partition coefficient (Wildman–Crippen LogP) is 2.14. The van der Waals surface area contributed by atoms with Gasteiger partial charge in [-0.1, -0.05) is 12.1 Å². The number of hydrogen-bond donors (Lipinski definition) is 1. The van der Waals surface area contributed by atoms with Crippen LogP contribution in [0.1, 0.15) is 57.3 Å². The molecule has 0 aromatic carbocycles. The van der Waals surface area contributed by atoms with Gasteiger partial charge in [-0.05, 0) is 38.5 Å². The van der Waals surface area contributed by atoms with E-state index in [2.05, 4.69) is 17.1 Å². The molecule has 2 rings (SSSR count). The molecular weight excluding hydrogens is 218 g/mol. The molecule has 0 unspecified atom stereocenters. The van der Waals surface area contributed by atoms with Crippen LogP contribution in [0.25, 0.3) is 0 Å². The van der Waals surface area contributed by atoms with Gasteiger partial charge in [0.15, 0.2) is 0 Å². The maximum atomic E-state index is 5.73. The molecule has 5 heteroatoms. The fraction of sp³-hybridized carbons (Fsp3) is 0.833. The molecule has 1 aromatic heterocycles. The van der Waals surface area contributed by atoms with Crippen molar-refractivity contribution in [1.82, 2.24) is 10.1 Å². The molecule has 1 heterocycles. The topological polar surface area (TPSA) is 74.2 Å². The number of methoxy groups -OCH3 is 1. The van der Waals surface area contributed by atoms with Crippen LogP contribution in [0.15, 0.2) is 4.52 Å². The van der Waals surface area contributed by atoms with Crippen LogP contribution in [0.2, 0.25) is 0 Å². The van der Waals surface area contributed by atoms with E-state index in [4.69, 9.17) is 15.0 Å². The summed E-state index contributed by atoms with van der Waals surface area (Å²) in [6, 6.07) is -0.229. The lowest BCUT2D eigenvalue weighted by atomic mass is 9.79. The van der Waals surface area contributed by atoms with Crippen molar-refractivity contribution in [3.05, 3.63) is 11.7 Å². The van der Waals surface area contributed by atoms with Gasteiger partial charge in [0, 0.05) is 7.11 Å². The van der Waals surface area contributed by atoms with E-state index in [0.29, 0.717) is 11.7 Å². The lowest BCUT2D eigenvalue weighted by Crippen LogP contribution is -2.34. The Hall–Kier alpha value is -0.940. The maximum Gasteiger partial charge on any atom is 0.243 e. The van der Waals surface area contributed by atoms with E-state index in [1.165, 1.54) is 0 Å². The van der Waals surface area contributed by atoms with Crippen molar-refractivity contribution < 1.29 is 9.26 Å². The van der Waals surface area contributed by atoms with E-state index in [1.54, 1.807) is 7.11 Å². The largest absolute Gasteiger partial charge is 0.370 e. The third-order valence-corrected chi connectivity index (χ3v) is 3.71. The first kappa shape index (κ1) is 12.5. The number of nitrogens with zero attached hydrogens (tertiary/aromatic N) is 2. The summed E-state index contributed by atoms with van der Waals surface area (Å²) in [6.45, 7) is 4.10. The fourth-order valence-electron chi connectivity index (χ4n) is 2.35. The van der Waals surface area contributed by atoms with Crippen LogP contribution in [0.4, 0.5) is 0 Å². The Bertz CT molecular complexity index is 368. The van der Waals surface area contributed by atoms with Crippen LogP contribution in [0, 0.1) is 5.92 Å². The van der Waals surface area contributed by atoms with Crippen LogP contribution >= 0.6 is 0 Å². The monoisotopic (exact) mass is 239 g/mol. The molecule has 96 valence electrons. The van der Waals surface area contributed by atoms with Gasteiger partial charge in [-0.25, -0.2) is 0 Å². The van der Waals surface area contributed by atoms with Gasteiger partial charge in [0.25, 0.3) is 0 Å². The molecule has 0 aliphatic heterocycles. The van der Waals surface area contributed by atoms with Crippen molar-refractivity contribution in [3.63, 3.8) is 0 Å². The highest BCUT2D eigenvalue weighted by Crippen LogP contribution is 2.40. The zero-order valence-electron chi connectivity index (χ0n) is 10.8. The fourth-order valence-corrected chi connectivity index (χ4v) is 2.35. The second-order valence-corrected chi connectivity index (χ2v) is 5.13. The number of hydrogen-bond acceptors (Lipinski definition) is 5. The number of aromatic nitrogens is 2. The molecule has 17 heavy (non-hydrogen) atoms. The summed E-state index contributed by atoms with van der Waals surface area (Å²) in [7, 11) is 1.72. The highest BCUT2D eigenvalue weighted by Gasteiger charge is 2.40. The molecule has 1 fully saturated rings. The highest BCUT2D eigenvalue weighted by atomic mass is 16.5. The minimum absolute atomic E-state index is 0.229. The van der Waals surface area contributed by atoms with Gasteiger partial charge >= 0.3 is 0 Å². The summed E-state index contributed by atoms with van der Waals surface area (Å²) in [5.74, 6) is 1.88. The third kappa shape index (κ3) is 2.35. The van der Waals surface area contributed by atoms with Gasteiger partial charge in [0.1, 0.15) is 5.60 Å². The van der Waals surface area contributed by atoms with Crippen LogP contribution in [0.3, 0.4) is 0 Å². The Labute approximate surface area is 102 Å². The first-order valence-corrected chi connectivity index (χ1v) is 6.22. The molecular formula is C12H21N3O2. The second-order valence-electron chi connectivity index (χ2n) is 5.13. The Morgan fingerprint density at radius 3 is 2.59 bits per heavy atom. The van der Waals surface area contributed by atoms with Crippen molar-refractivity contribution in [1.29, 1.82) is 0 Å². The zero-order chi connectivity index (χ0) is 12.5. The third-order valence-electron chi connectivity index (χ3n) is 3.71. The molecule has 2 N–H and O–H groups in total. The molecule has 0 bridgehead atoms. The zero-order valence-corrected chi connectivity index (χ0v) is 10.8. The molecule has 1 aliphatic carbocycles. The molecule has 5 nitrogen and oxygen atoms in total. The van der Waals surface area contributed by atoms with Gasteiger partial charge in [-0.15, -0.1) is 0 Å². The molecule has 1 aromatic rings. The van der Waals surface area contributed by atoms with Crippen molar-refractivity contribution in [3.8, 4) is 0 Å². The molecule has 1 aliphatic rings. The Kier molecular flexibility index (Phi) is 3.49. The maximum absolute atomic E-state index is 5.73. The van der Waals surface area contributed by atoms with Gasteiger partial charge in [0.05, 0.1) is 6.04 Å². The van der Waals surface area contributed by atoms with E-state index >= 15 is 0 Å². The lowest BCUT2D eigenvalue weighted by Gasteiger charge is -2.35. The standard InChI is InChI=1S/C12H21N3O2/c1-8-4-6-12(16-3,7-5-8)11-14-10(9(2)13)17-15-11/h8-9H,4-7,13H2,1-3H3/t8?,9-,12?/m1/s1. The van der Waals surface area contributed by atoms with Crippen molar-refractivity contribution in [2.24, 2.45) is 11.7 Å². The highest BCUT2D eigenvalue weighted by molar-refractivity contribution is 5.04. The summed E-state index contributed by atoms with van der Waals surface area (Å²) in [6.07, 6.45) is 4.16. The quantitative estimate of drug-likeness (QED) is 0.874. The van der Waals surface area contributed by atoms with E-state index < -0.39 is 0 Å². The van der Waals surface area contributed by atoms with Crippen molar-refractivity contribution in [2.45, 2.75) is 51.2 Å². The second kappa shape index (κ2) is 4.74. The van der Waals surface area contributed by atoms with Gasteiger partial charge in [0.2, 0.25) is 11.7 Å². The van der Waals surface area contributed by atoms with Crippen LogP contribution in [-0.2, 0) is 10.3 Å². The molecule has 0 amide bonds. The first-order chi connectivity index (χ1) is 8.07.